The molecule has 0 amide bonds. The Labute approximate surface area is 80.0 Å². The quantitative estimate of drug-likeness (QED) is 0.226. The molecule has 0 saturated carbocycles. The number of aliphatic carboxylic acids is 1. The van der Waals surface area contributed by atoms with Gasteiger partial charge in [0.1, 0.15) is 5.72 Å². The fraction of sp³-hybridized carbons (Fsp3) is 0.500. The summed E-state index contributed by atoms with van der Waals surface area (Å²) in [5.74, 6) is -1.31. The molecule has 6 N–H and O–H groups in total. The van der Waals surface area contributed by atoms with Crippen molar-refractivity contribution in [1.29, 1.82) is 0 Å². The Balaban J connectivity index is 4.22. The number of carboxylic acid groups (broad SMARTS) is 1. The Morgan fingerprint density at radius 2 is 2.00 bits per heavy atom. The molecule has 14 heavy (non-hydrogen) atoms. The van der Waals surface area contributed by atoms with Crippen LogP contribution in [0.2, 0.25) is 0 Å². The van der Waals surface area contributed by atoms with Crippen LogP contribution in [0, 0.1) is 0 Å². The highest BCUT2D eigenvalue weighted by Crippen LogP contribution is 2.34. The van der Waals surface area contributed by atoms with E-state index < -0.39 is 31.9 Å². The molecule has 8 heteroatoms. The maximum atomic E-state index is 10.3. The number of carboxylic acids is 1. The molecule has 0 aliphatic heterocycles. The van der Waals surface area contributed by atoms with Crippen LogP contribution in [0.25, 0.3) is 0 Å². The lowest BCUT2D eigenvalue weighted by Crippen LogP contribution is -2.39. The molecule has 0 aliphatic rings. The van der Waals surface area contributed by atoms with Gasteiger partial charge in [-0.1, -0.05) is 6.08 Å². The van der Waals surface area contributed by atoms with Crippen molar-refractivity contribution in [2.24, 2.45) is 5.73 Å². The van der Waals surface area contributed by atoms with Gasteiger partial charge in [0.25, 0.3) is 0 Å². The fourth-order valence-electron chi connectivity index (χ4n) is 0.695. The number of aliphatic hydroxyl groups is 1. The average molecular weight is 225 g/mol. The summed E-state index contributed by atoms with van der Waals surface area (Å²) in [4.78, 5) is 27.0. The lowest BCUT2D eigenvalue weighted by molar-refractivity contribution is -0.140. The predicted molar refractivity (Wildman–Crippen MR) is 47.4 cm³/mol. The highest BCUT2D eigenvalue weighted by atomic mass is 31.2. The molecule has 0 bridgehead atoms. The van der Waals surface area contributed by atoms with Crippen molar-refractivity contribution in [2.75, 3.05) is 6.16 Å². The molecule has 1 unspecified atom stereocenters. The molecule has 82 valence electrons. The Morgan fingerprint density at radius 1 is 1.50 bits per heavy atom. The molecular formula is C6H12NO6P. The second kappa shape index (κ2) is 4.68. The van der Waals surface area contributed by atoms with E-state index in [0.29, 0.717) is 0 Å². The maximum Gasteiger partial charge on any atom is 0.329 e. The van der Waals surface area contributed by atoms with E-state index in [4.69, 9.17) is 25.7 Å². The molecule has 1 atom stereocenters. The Morgan fingerprint density at radius 3 is 2.36 bits per heavy atom. The number of rotatable bonds is 5. The molecule has 7 nitrogen and oxygen atoms in total. The molecule has 0 fully saturated rings. The first-order valence-corrected chi connectivity index (χ1v) is 5.37. The van der Waals surface area contributed by atoms with Crippen molar-refractivity contribution < 1.29 is 29.4 Å². The van der Waals surface area contributed by atoms with Crippen molar-refractivity contribution in [3.63, 3.8) is 0 Å². The monoisotopic (exact) mass is 225 g/mol. The van der Waals surface area contributed by atoms with Crippen molar-refractivity contribution in [3.8, 4) is 0 Å². The first kappa shape index (κ1) is 13.3. The summed E-state index contributed by atoms with van der Waals surface area (Å²) in [6, 6.07) is 0. The molecule has 0 spiro atoms. The zero-order valence-corrected chi connectivity index (χ0v) is 8.09. The number of hydrogen-bond acceptors (Lipinski definition) is 4. The molecule has 0 radical (unpaired) electrons. The third-order valence-electron chi connectivity index (χ3n) is 1.18. The van der Waals surface area contributed by atoms with Crippen molar-refractivity contribution in [3.05, 3.63) is 12.2 Å². The minimum atomic E-state index is -4.19. The first-order valence-electron chi connectivity index (χ1n) is 3.58. The van der Waals surface area contributed by atoms with E-state index in [2.05, 4.69) is 0 Å². The second-order valence-corrected chi connectivity index (χ2v) is 4.51. The molecule has 0 aromatic heterocycles. The van der Waals surface area contributed by atoms with Gasteiger partial charge < -0.3 is 20.0 Å². The number of hydrogen-bond donors (Lipinski definition) is 5. The zero-order valence-electron chi connectivity index (χ0n) is 7.20. The molecule has 0 rings (SSSR count). The summed E-state index contributed by atoms with van der Waals surface area (Å²) in [7, 11) is -4.19. The Hall–Kier alpha value is -0.720. The van der Waals surface area contributed by atoms with E-state index >= 15 is 0 Å². The SMILES string of the molecule is NC(O)(C=CCP(=O)(O)O)CC(=O)O. The van der Waals surface area contributed by atoms with Crippen LogP contribution in [-0.4, -0.2) is 37.9 Å². The van der Waals surface area contributed by atoms with Crippen LogP contribution in [0.5, 0.6) is 0 Å². The summed E-state index contributed by atoms with van der Waals surface area (Å²) in [6.07, 6.45) is 0.473. The van der Waals surface area contributed by atoms with E-state index in [1.165, 1.54) is 0 Å². The Kier molecular flexibility index (Phi) is 4.44. The van der Waals surface area contributed by atoms with E-state index in [-0.39, 0.29) is 0 Å². The van der Waals surface area contributed by atoms with Gasteiger partial charge in [0.2, 0.25) is 0 Å². The maximum absolute atomic E-state index is 10.3. The van der Waals surface area contributed by atoms with Crippen LogP contribution in [0.1, 0.15) is 6.42 Å². The molecule has 0 aromatic carbocycles. The normalized spacial score (nSPS) is 16.9. The number of nitrogens with two attached hydrogens (primary N) is 1. The predicted octanol–water partition coefficient (Wildman–Crippen LogP) is -1.16. The summed E-state index contributed by atoms with van der Waals surface area (Å²) in [6.45, 7) is 0. The minimum absolute atomic E-state index is 0.591. The topological polar surface area (TPSA) is 141 Å². The molecule has 0 saturated heterocycles. The van der Waals surface area contributed by atoms with E-state index in [1.54, 1.807) is 0 Å². The lowest BCUT2D eigenvalue weighted by atomic mass is 10.1. The van der Waals surface area contributed by atoms with Crippen molar-refractivity contribution in [1.82, 2.24) is 0 Å². The second-order valence-electron chi connectivity index (χ2n) is 2.81. The fourth-order valence-corrected chi connectivity index (χ4v) is 1.08. The zero-order chi connectivity index (χ0) is 11.4. The van der Waals surface area contributed by atoms with Crippen LogP contribution in [0.4, 0.5) is 0 Å². The molecule has 0 aliphatic carbocycles. The third kappa shape index (κ3) is 7.90. The van der Waals surface area contributed by atoms with Crippen molar-refractivity contribution >= 4 is 13.6 Å². The van der Waals surface area contributed by atoms with Crippen LogP contribution in [0.15, 0.2) is 12.2 Å². The van der Waals surface area contributed by atoms with Crippen LogP contribution in [-0.2, 0) is 9.36 Å². The Bertz CT molecular complexity index is 280. The third-order valence-corrected chi connectivity index (χ3v) is 1.87. The number of carbonyl (C=O) groups is 1. The van der Waals surface area contributed by atoms with Gasteiger partial charge in [-0.3, -0.25) is 15.1 Å². The van der Waals surface area contributed by atoms with Gasteiger partial charge in [-0.05, 0) is 6.08 Å². The first-order chi connectivity index (χ1) is 6.12. The van der Waals surface area contributed by atoms with Crippen LogP contribution in [0.3, 0.4) is 0 Å². The van der Waals surface area contributed by atoms with Crippen molar-refractivity contribution in [2.45, 2.75) is 12.1 Å². The number of allylic oxidation sites excluding steroid dienone is 1. The summed E-state index contributed by atoms with van der Waals surface area (Å²) in [5.41, 5.74) is 3.00. The van der Waals surface area contributed by atoms with Gasteiger partial charge in [0, 0.05) is 0 Å². The van der Waals surface area contributed by atoms with Crippen LogP contribution < -0.4 is 5.73 Å². The van der Waals surface area contributed by atoms with Gasteiger partial charge in [0.05, 0.1) is 12.6 Å². The highest BCUT2D eigenvalue weighted by Gasteiger charge is 2.21. The molecular weight excluding hydrogens is 213 g/mol. The summed E-state index contributed by atoms with van der Waals surface area (Å²) < 4.78 is 10.3. The van der Waals surface area contributed by atoms with Gasteiger partial charge in [-0.2, -0.15) is 0 Å². The molecule has 0 heterocycles. The largest absolute Gasteiger partial charge is 0.481 e. The smallest absolute Gasteiger partial charge is 0.329 e. The van der Waals surface area contributed by atoms with Gasteiger partial charge in [0.15, 0.2) is 0 Å². The lowest BCUT2D eigenvalue weighted by Gasteiger charge is -2.15. The van der Waals surface area contributed by atoms with Gasteiger partial charge >= 0.3 is 13.6 Å². The standard InChI is InChI=1S/C6H12NO6P/c7-6(10,4-5(8)9)2-1-3-14(11,12)13/h1-2,10H,3-4,7H2,(H,8,9)(H2,11,12,13). The van der Waals surface area contributed by atoms with E-state index in [9.17, 15) is 9.36 Å². The average Bonchev–Trinajstić information content (AvgIpc) is 1.78. The van der Waals surface area contributed by atoms with Crippen LogP contribution >= 0.6 is 7.60 Å². The van der Waals surface area contributed by atoms with Gasteiger partial charge in [-0.15, -0.1) is 0 Å². The summed E-state index contributed by atoms with van der Waals surface area (Å²) in [5, 5.41) is 17.4. The van der Waals surface area contributed by atoms with E-state index in [1.807, 2.05) is 0 Å². The summed E-state index contributed by atoms with van der Waals surface area (Å²) >= 11 is 0. The van der Waals surface area contributed by atoms with E-state index in [0.717, 1.165) is 12.2 Å². The minimum Gasteiger partial charge on any atom is -0.481 e. The highest BCUT2D eigenvalue weighted by molar-refractivity contribution is 7.51. The molecule has 0 aromatic rings. The van der Waals surface area contributed by atoms with Gasteiger partial charge in [-0.25, -0.2) is 0 Å².